The number of piperidine rings is 1. The summed E-state index contributed by atoms with van der Waals surface area (Å²) in [6, 6.07) is 0. The van der Waals surface area contributed by atoms with E-state index < -0.39 is 5.54 Å². The Kier molecular flexibility index (Phi) is 2.88. The van der Waals surface area contributed by atoms with Gasteiger partial charge in [0.05, 0.1) is 18.6 Å². The summed E-state index contributed by atoms with van der Waals surface area (Å²) in [5.41, 5.74) is 5.27. The molecule has 0 aromatic heterocycles. The van der Waals surface area contributed by atoms with Gasteiger partial charge in [-0.25, -0.2) is 0 Å². The number of ether oxygens (including phenoxy) is 1. The van der Waals surface area contributed by atoms with Crippen LogP contribution in [0.1, 0.15) is 25.7 Å². The van der Waals surface area contributed by atoms with Gasteiger partial charge in [-0.2, -0.15) is 0 Å². The smallest absolute Gasteiger partial charge is 0.308 e. The van der Waals surface area contributed by atoms with Gasteiger partial charge in [-0.15, -0.1) is 0 Å². The second-order valence-electron chi connectivity index (χ2n) is 4.75. The molecule has 2 N–H and O–H groups in total. The van der Waals surface area contributed by atoms with Crippen molar-refractivity contribution in [3.63, 3.8) is 0 Å². The normalized spacial score (nSPS) is 24.0. The van der Waals surface area contributed by atoms with E-state index in [-0.39, 0.29) is 17.8 Å². The molecule has 1 saturated carbocycles. The van der Waals surface area contributed by atoms with Crippen molar-refractivity contribution < 1.29 is 14.3 Å². The fourth-order valence-corrected chi connectivity index (χ4v) is 2.15. The molecule has 0 aromatic rings. The molecular weight excluding hydrogens is 208 g/mol. The van der Waals surface area contributed by atoms with Crippen molar-refractivity contribution in [1.29, 1.82) is 0 Å². The highest BCUT2D eigenvalue weighted by Gasteiger charge is 2.48. The lowest BCUT2D eigenvalue weighted by atomic mass is 9.96. The number of hydrogen-bond donors (Lipinski definition) is 1. The van der Waals surface area contributed by atoms with Crippen molar-refractivity contribution in [3.8, 4) is 0 Å². The van der Waals surface area contributed by atoms with Crippen LogP contribution in [0.2, 0.25) is 0 Å². The molecule has 0 radical (unpaired) electrons. The van der Waals surface area contributed by atoms with Gasteiger partial charge >= 0.3 is 5.97 Å². The van der Waals surface area contributed by atoms with Crippen LogP contribution in [-0.2, 0) is 14.3 Å². The van der Waals surface area contributed by atoms with E-state index in [1.807, 2.05) is 0 Å². The van der Waals surface area contributed by atoms with Gasteiger partial charge in [0.25, 0.3) is 0 Å². The minimum Gasteiger partial charge on any atom is -0.469 e. The van der Waals surface area contributed by atoms with Crippen LogP contribution in [0.25, 0.3) is 0 Å². The Morgan fingerprint density at radius 1 is 1.31 bits per heavy atom. The number of rotatable bonds is 2. The van der Waals surface area contributed by atoms with Crippen LogP contribution in [0, 0.1) is 5.92 Å². The highest BCUT2D eigenvalue weighted by Crippen LogP contribution is 2.35. The Balaban J connectivity index is 1.85. The van der Waals surface area contributed by atoms with Gasteiger partial charge in [0.2, 0.25) is 5.91 Å². The maximum Gasteiger partial charge on any atom is 0.308 e. The van der Waals surface area contributed by atoms with Crippen LogP contribution >= 0.6 is 0 Å². The molecule has 0 spiro atoms. The first-order valence-corrected chi connectivity index (χ1v) is 5.73. The maximum absolute atomic E-state index is 11.9. The molecule has 0 aromatic carbocycles. The molecule has 1 heterocycles. The van der Waals surface area contributed by atoms with E-state index in [0.29, 0.717) is 25.9 Å². The van der Waals surface area contributed by atoms with Gasteiger partial charge in [-0.05, 0) is 25.7 Å². The number of carbonyl (C=O) groups excluding carboxylic acids is 2. The maximum atomic E-state index is 11.9. The van der Waals surface area contributed by atoms with E-state index in [0.717, 1.165) is 12.8 Å². The van der Waals surface area contributed by atoms with Gasteiger partial charge in [0, 0.05) is 13.1 Å². The zero-order valence-corrected chi connectivity index (χ0v) is 9.57. The van der Waals surface area contributed by atoms with E-state index in [1.54, 1.807) is 4.90 Å². The Hall–Kier alpha value is -1.10. The van der Waals surface area contributed by atoms with Gasteiger partial charge in [0.15, 0.2) is 0 Å². The first kappa shape index (κ1) is 11.4. The van der Waals surface area contributed by atoms with Crippen molar-refractivity contribution >= 4 is 11.9 Å². The van der Waals surface area contributed by atoms with Crippen LogP contribution in [0.15, 0.2) is 0 Å². The zero-order chi connectivity index (χ0) is 11.8. The highest BCUT2D eigenvalue weighted by molar-refractivity contribution is 5.89. The van der Waals surface area contributed by atoms with E-state index in [9.17, 15) is 9.59 Å². The molecule has 0 atom stereocenters. The topological polar surface area (TPSA) is 72.6 Å². The summed E-state index contributed by atoms with van der Waals surface area (Å²) in [6.07, 6.45) is 2.97. The summed E-state index contributed by atoms with van der Waals surface area (Å²) in [5, 5.41) is 0. The minimum atomic E-state index is -0.585. The molecule has 2 fully saturated rings. The highest BCUT2D eigenvalue weighted by atomic mass is 16.5. The molecule has 1 aliphatic carbocycles. The summed E-state index contributed by atoms with van der Waals surface area (Å²) in [7, 11) is 1.40. The standard InChI is InChI=1S/C11H18N2O3/c1-16-9(14)8-2-6-13(7-3-8)10(15)11(12)4-5-11/h8H,2-7,12H2,1H3. The molecule has 90 valence electrons. The number of carbonyl (C=O) groups is 2. The molecule has 16 heavy (non-hydrogen) atoms. The largest absolute Gasteiger partial charge is 0.469 e. The average molecular weight is 226 g/mol. The number of methoxy groups -OCH3 is 1. The van der Waals surface area contributed by atoms with Crippen molar-refractivity contribution in [2.75, 3.05) is 20.2 Å². The molecule has 5 nitrogen and oxygen atoms in total. The van der Waals surface area contributed by atoms with Crippen LogP contribution in [-0.4, -0.2) is 42.5 Å². The first-order chi connectivity index (χ1) is 7.57. The van der Waals surface area contributed by atoms with E-state index >= 15 is 0 Å². The summed E-state index contributed by atoms with van der Waals surface area (Å²) >= 11 is 0. The molecule has 1 saturated heterocycles. The molecule has 0 bridgehead atoms. The van der Waals surface area contributed by atoms with Gasteiger partial charge in [0.1, 0.15) is 0 Å². The molecule has 2 aliphatic rings. The number of nitrogens with zero attached hydrogens (tertiary/aromatic N) is 1. The van der Waals surface area contributed by atoms with Crippen LogP contribution in [0.4, 0.5) is 0 Å². The van der Waals surface area contributed by atoms with Crippen LogP contribution in [0.5, 0.6) is 0 Å². The van der Waals surface area contributed by atoms with E-state index in [4.69, 9.17) is 10.5 Å². The quantitative estimate of drug-likeness (QED) is 0.667. The van der Waals surface area contributed by atoms with Gasteiger partial charge in [-0.1, -0.05) is 0 Å². The van der Waals surface area contributed by atoms with Gasteiger partial charge in [-0.3, -0.25) is 9.59 Å². The summed E-state index contributed by atoms with van der Waals surface area (Å²) in [6.45, 7) is 1.25. The third kappa shape index (κ3) is 2.04. The van der Waals surface area contributed by atoms with E-state index in [1.165, 1.54) is 7.11 Å². The Labute approximate surface area is 94.9 Å². The first-order valence-electron chi connectivity index (χ1n) is 5.73. The monoisotopic (exact) mass is 226 g/mol. The number of esters is 1. The number of amides is 1. The third-order valence-electron chi connectivity index (χ3n) is 3.53. The zero-order valence-electron chi connectivity index (χ0n) is 9.57. The number of likely N-dealkylation sites (tertiary alicyclic amines) is 1. The SMILES string of the molecule is COC(=O)C1CCN(C(=O)C2(N)CC2)CC1. The molecule has 1 amide bonds. The Morgan fingerprint density at radius 2 is 1.88 bits per heavy atom. The minimum absolute atomic E-state index is 0.0517. The second-order valence-corrected chi connectivity index (χ2v) is 4.75. The molecule has 1 aliphatic heterocycles. The van der Waals surface area contributed by atoms with Crippen molar-refractivity contribution in [2.45, 2.75) is 31.2 Å². The Morgan fingerprint density at radius 3 is 2.31 bits per heavy atom. The predicted octanol–water partition coefficient (Wildman–Crippen LogP) is -0.111. The molecular formula is C11H18N2O3. The van der Waals surface area contributed by atoms with E-state index in [2.05, 4.69) is 0 Å². The summed E-state index contributed by atoms with van der Waals surface area (Å²) < 4.78 is 4.70. The lowest BCUT2D eigenvalue weighted by molar-refractivity contribution is -0.149. The summed E-state index contributed by atoms with van der Waals surface area (Å²) in [5.74, 6) is -0.168. The predicted molar refractivity (Wildman–Crippen MR) is 57.5 cm³/mol. The molecule has 5 heteroatoms. The van der Waals surface area contributed by atoms with Crippen LogP contribution < -0.4 is 5.73 Å². The fourth-order valence-electron chi connectivity index (χ4n) is 2.15. The molecule has 2 rings (SSSR count). The third-order valence-corrected chi connectivity index (χ3v) is 3.53. The van der Waals surface area contributed by atoms with Crippen LogP contribution in [0.3, 0.4) is 0 Å². The average Bonchev–Trinajstić information content (AvgIpc) is 3.07. The van der Waals surface area contributed by atoms with Crippen molar-refractivity contribution in [1.82, 2.24) is 4.90 Å². The number of nitrogens with two attached hydrogens (primary N) is 1. The fraction of sp³-hybridized carbons (Fsp3) is 0.818. The number of hydrogen-bond acceptors (Lipinski definition) is 4. The lowest BCUT2D eigenvalue weighted by Gasteiger charge is -2.32. The Bertz CT molecular complexity index is 304. The molecule has 0 unspecified atom stereocenters. The van der Waals surface area contributed by atoms with Crippen molar-refractivity contribution in [2.24, 2.45) is 11.7 Å². The van der Waals surface area contributed by atoms with Crippen molar-refractivity contribution in [3.05, 3.63) is 0 Å². The second kappa shape index (κ2) is 4.05. The lowest BCUT2D eigenvalue weighted by Crippen LogP contribution is -2.49. The van der Waals surface area contributed by atoms with Gasteiger partial charge < -0.3 is 15.4 Å². The summed E-state index contributed by atoms with van der Waals surface area (Å²) in [4.78, 5) is 25.0.